The van der Waals surface area contributed by atoms with E-state index in [1.54, 1.807) is 0 Å². The molecule has 19 heavy (non-hydrogen) atoms. The molecule has 0 saturated carbocycles. The second-order valence-corrected chi connectivity index (χ2v) is 6.52. The van der Waals surface area contributed by atoms with Crippen molar-refractivity contribution in [3.05, 3.63) is 44.7 Å². The van der Waals surface area contributed by atoms with Crippen molar-refractivity contribution in [1.82, 2.24) is 4.72 Å². The SMILES string of the molecule is C=C(Br)CNS(=O)(=O)c1cc([N+](=O)[O-])c(F)cc1C. The number of nitro benzene ring substituents is 1. The monoisotopic (exact) mass is 352 g/mol. The highest BCUT2D eigenvalue weighted by Crippen LogP contribution is 2.25. The van der Waals surface area contributed by atoms with E-state index in [0.717, 1.165) is 6.07 Å². The van der Waals surface area contributed by atoms with E-state index in [-0.39, 0.29) is 17.0 Å². The standard InChI is InChI=1S/C10H10BrFN2O4S/c1-6-3-8(12)9(14(15)16)4-10(6)19(17,18)13-5-7(2)11/h3-4,13H,2,5H2,1H3. The Kier molecular flexibility index (Phi) is 4.77. The Hall–Kier alpha value is -1.32. The van der Waals surface area contributed by atoms with Crippen molar-refractivity contribution >= 4 is 31.6 Å². The van der Waals surface area contributed by atoms with Crippen molar-refractivity contribution in [3.8, 4) is 0 Å². The summed E-state index contributed by atoms with van der Waals surface area (Å²) in [5, 5.41) is 10.6. The molecule has 1 aromatic carbocycles. The summed E-state index contributed by atoms with van der Waals surface area (Å²) in [7, 11) is -3.97. The highest BCUT2D eigenvalue weighted by Gasteiger charge is 2.24. The molecule has 1 N–H and O–H groups in total. The van der Waals surface area contributed by atoms with E-state index in [2.05, 4.69) is 27.2 Å². The molecule has 104 valence electrons. The van der Waals surface area contributed by atoms with Crippen LogP contribution in [0.3, 0.4) is 0 Å². The van der Waals surface area contributed by atoms with Crippen molar-refractivity contribution in [2.45, 2.75) is 11.8 Å². The first-order valence-corrected chi connectivity index (χ1v) is 7.20. The molecule has 0 amide bonds. The average molecular weight is 353 g/mol. The summed E-state index contributed by atoms with van der Waals surface area (Å²) in [5.74, 6) is -1.08. The molecule has 0 heterocycles. The summed E-state index contributed by atoms with van der Waals surface area (Å²) in [6.45, 7) is 4.73. The fraction of sp³-hybridized carbons (Fsp3) is 0.200. The van der Waals surface area contributed by atoms with Gasteiger partial charge < -0.3 is 0 Å². The van der Waals surface area contributed by atoms with Crippen LogP contribution < -0.4 is 4.72 Å². The van der Waals surface area contributed by atoms with Gasteiger partial charge in [0.25, 0.3) is 0 Å². The van der Waals surface area contributed by atoms with Crippen molar-refractivity contribution < 1.29 is 17.7 Å². The maximum Gasteiger partial charge on any atom is 0.306 e. The van der Waals surface area contributed by atoms with Crippen LogP contribution in [-0.4, -0.2) is 19.9 Å². The summed E-state index contributed by atoms with van der Waals surface area (Å²) in [4.78, 5) is 9.29. The van der Waals surface area contributed by atoms with Crippen LogP contribution in [0, 0.1) is 22.9 Å². The Morgan fingerprint density at radius 1 is 1.58 bits per heavy atom. The van der Waals surface area contributed by atoms with E-state index in [1.165, 1.54) is 6.92 Å². The average Bonchev–Trinajstić information content (AvgIpc) is 2.25. The van der Waals surface area contributed by atoms with E-state index in [0.29, 0.717) is 10.5 Å². The second-order valence-electron chi connectivity index (χ2n) is 3.67. The van der Waals surface area contributed by atoms with Crippen molar-refractivity contribution in [2.75, 3.05) is 6.54 Å². The lowest BCUT2D eigenvalue weighted by molar-refractivity contribution is -0.387. The normalized spacial score (nSPS) is 11.3. The first kappa shape index (κ1) is 15.7. The predicted molar refractivity (Wildman–Crippen MR) is 71.0 cm³/mol. The molecule has 0 saturated heterocycles. The summed E-state index contributed by atoms with van der Waals surface area (Å²) < 4.78 is 39.7. The molecule has 9 heteroatoms. The van der Waals surface area contributed by atoms with Gasteiger partial charge in [0.2, 0.25) is 15.8 Å². The quantitative estimate of drug-likeness (QED) is 0.649. The van der Waals surface area contributed by atoms with Gasteiger partial charge in [-0.15, -0.1) is 0 Å². The largest absolute Gasteiger partial charge is 0.306 e. The minimum atomic E-state index is -3.97. The van der Waals surface area contributed by atoms with Gasteiger partial charge in [0.05, 0.1) is 9.82 Å². The van der Waals surface area contributed by atoms with Gasteiger partial charge in [-0.1, -0.05) is 22.5 Å². The number of nitrogens with zero attached hydrogens (tertiary/aromatic N) is 1. The zero-order valence-corrected chi connectivity index (χ0v) is 12.2. The summed E-state index contributed by atoms with van der Waals surface area (Å²) in [6.07, 6.45) is 0. The van der Waals surface area contributed by atoms with Crippen LogP contribution in [0.5, 0.6) is 0 Å². The van der Waals surface area contributed by atoms with Gasteiger partial charge in [-0.3, -0.25) is 10.1 Å². The van der Waals surface area contributed by atoms with Crippen LogP contribution in [0.1, 0.15) is 5.56 Å². The van der Waals surface area contributed by atoms with Gasteiger partial charge in [-0.2, -0.15) is 4.39 Å². The van der Waals surface area contributed by atoms with Gasteiger partial charge in [0.1, 0.15) is 0 Å². The van der Waals surface area contributed by atoms with Crippen molar-refractivity contribution in [3.63, 3.8) is 0 Å². The minimum absolute atomic E-state index is 0.0764. The molecule has 0 bridgehead atoms. The molecule has 0 spiro atoms. The van der Waals surface area contributed by atoms with Crippen LogP contribution in [0.15, 0.2) is 28.1 Å². The molecular formula is C10H10BrFN2O4S. The Morgan fingerprint density at radius 2 is 2.16 bits per heavy atom. The molecule has 0 radical (unpaired) electrons. The van der Waals surface area contributed by atoms with Crippen LogP contribution >= 0.6 is 15.9 Å². The zero-order chi connectivity index (χ0) is 14.8. The van der Waals surface area contributed by atoms with Crippen LogP contribution in [0.2, 0.25) is 0 Å². The van der Waals surface area contributed by atoms with Crippen molar-refractivity contribution in [1.29, 1.82) is 0 Å². The van der Waals surface area contributed by atoms with E-state index in [4.69, 9.17) is 0 Å². The van der Waals surface area contributed by atoms with E-state index in [9.17, 15) is 22.9 Å². The molecule has 0 atom stereocenters. The van der Waals surface area contributed by atoms with Crippen LogP contribution in [-0.2, 0) is 10.0 Å². The number of nitro groups is 1. The number of hydrogen-bond donors (Lipinski definition) is 1. The molecule has 1 aromatic rings. The molecule has 6 nitrogen and oxygen atoms in total. The number of benzene rings is 1. The maximum absolute atomic E-state index is 13.3. The van der Waals surface area contributed by atoms with Crippen LogP contribution in [0.25, 0.3) is 0 Å². The maximum atomic E-state index is 13.3. The first-order chi connectivity index (χ1) is 8.65. The van der Waals surface area contributed by atoms with Gasteiger partial charge in [0, 0.05) is 17.1 Å². The van der Waals surface area contributed by atoms with Gasteiger partial charge in [-0.05, 0) is 18.6 Å². The summed E-state index contributed by atoms with van der Waals surface area (Å²) >= 11 is 2.98. The molecular weight excluding hydrogens is 343 g/mol. The van der Waals surface area contributed by atoms with Crippen molar-refractivity contribution in [2.24, 2.45) is 0 Å². The predicted octanol–water partition coefficient (Wildman–Crippen LogP) is 2.23. The smallest absolute Gasteiger partial charge is 0.258 e. The topological polar surface area (TPSA) is 89.3 Å². The number of halogens is 2. The lowest BCUT2D eigenvalue weighted by atomic mass is 10.2. The Bertz CT molecular complexity index is 645. The third-order valence-corrected chi connectivity index (χ3v) is 4.01. The number of nitrogens with one attached hydrogen (secondary N) is 1. The first-order valence-electron chi connectivity index (χ1n) is 4.92. The zero-order valence-electron chi connectivity index (χ0n) is 9.81. The van der Waals surface area contributed by atoms with E-state index < -0.39 is 26.5 Å². The highest BCUT2D eigenvalue weighted by atomic mass is 79.9. The molecule has 0 aliphatic rings. The Labute approximate surface area is 117 Å². The molecule has 0 fully saturated rings. The third-order valence-electron chi connectivity index (χ3n) is 2.18. The fourth-order valence-corrected chi connectivity index (χ4v) is 2.92. The molecule has 0 aliphatic carbocycles. The Morgan fingerprint density at radius 3 is 2.63 bits per heavy atom. The van der Waals surface area contributed by atoms with Gasteiger partial charge in [0.15, 0.2) is 0 Å². The second kappa shape index (κ2) is 5.76. The molecule has 0 aliphatic heterocycles. The summed E-state index contributed by atoms with van der Waals surface area (Å²) in [5.41, 5.74) is -0.806. The van der Waals surface area contributed by atoms with Gasteiger partial charge >= 0.3 is 5.69 Å². The Balaban J connectivity index is 3.30. The number of hydrogen-bond acceptors (Lipinski definition) is 4. The fourth-order valence-electron chi connectivity index (χ4n) is 1.32. The molecule has 1 rings (SSSR count). The summed E-state index contributed by atoms with van der Waals surface area (Å²) in [6, 6.07) is 1.51. The number of aryl methyl sites for hydroxylation is 1. The van der Waals surface area contributed by atoms with E-state index in [1.807, 2.05) is 0 Å². The van der Waals surface area contributed by atoms with Crippen LogP contribution in [0.4, 0.5) is 10.1 Å². The van der Waals surface area contributed by atoms with Gasteiger partial charge in [-0.25, -0.2) is 13.1 Å². The van der Waals surface area contributed by atoms with E-state index >= 15 is 0 Å². The lowest BCUT2D eigenvalue weighted by Gasteiger charge is -2.09. The number of sulfonamides is 1. The number of rotatable bonds is 5. The lowest BCUT2D eigenvalue weighted by Crippen LogP contribution is -2.25. The molecule has 0 aromatic heterocycles. The highest BCUT2D eigenvalue weighted by molar-refractivity contribution is 9.11. The third kappa shape index (κ3) is 3.82. The molecule has 0 unspecified atom stereocenters. The minimum Gasteiger partial charge on any atom is -0.258 e.